The van der Waals surface area contributed by atoms with Crippen LogP contribution in [0.3, 0.4) is 0 Å². The van der Waals surface area contributed by atoms with Gasteiger partial charge in [0.25, 0.3) is 5.91 Å². The predicted octanol–water partition coefficient (Wildman–Crippen LogP) is 1.64. The van der Waals surface area contributed by atoms with Crippen LogP contribution in [0.1, 0.15) is 10.4 Å². The van der Waals surface area contributed by atoms with Crippen molar-refractivity contribution in [1.82, 2.24) is 4.90 Å². The fourth-order valence-corrected chi connectivity index (χ4v) is 3.00. The zero-order chi connectivity index (χ0) is 11.7. The molecule has 2 heterocycles. The van der Waals surface area contributed by atoms with E-state index in [0.29, 0.717) is 21.9 Å². The summed E-state index contributed by atoms with van der Waals surface area (Å²) in [4.78, 5) is 24.3. The molecular weight excluding hydrogens is 298 g/mol. The van der Waals surface area contributed by atoms with E-state index in [9.17, 15) is 9.59 Å². The fourth-order valence-electron chi connectivity index (χ4n) is 1.45. The average molecular weight is 306 g/mol. The highest BCUT2D eigenvalue weighted by molar-refractivity contribution is 9.10. The van der Waals surface area contributed by atoms with Gasteiger partial charge in [-0.3, -0.25) is 4.79 Å². The van der Waals surface area contributed by atoms with Crippen LogP contribution in [-0.2, 0) is 4.79 Å². The Hall–Kier alpha value is -0.950. The molecule has 0 spiro atoms. The van der Waals surface area contributed by atoms with E-state index in [1.807, 2.05) is 0 Å². The largest absolute Gasteiger partial charge is 0.480 e. The number of furan rings is 1. The third-order valence-corrected chi connectivity index (χ3v) is 3.90. The first-order chi connectivity index (χ1) is 7.61. The monoisotopic (exact) mass is 305 g/mol. The van der Waals surface area contributed by atoms with Gasteiger partial charge in [0.05, 0.1) is 17.7 Å². The lowest BCUT2D eigenvalue weighted by Crippen LogP contribution is -2.41. The van der Waals surface area contributed by atoms with Crippen molar-refractivity contribution >= 4 is 39.6 Å². The number of rotatable bonds is 2. The van der Waals surface area contributed by atoms with Gasteiger partial charge in [0, 0.05) is 5.75 Å². The summed E-state index contributed by atoms with van der Waals surface area (Å²) in [5, 5.41) is 8.96. The van der Waals surface area contributed by atoms with E-state index in [1.165, 1.54) is 29.0 Å². The molecule has 1 N–H and O–H groups in total. The van der Waals surface area contributed by atoms with Crippen LogP contribution in [0, 0.1) is 0 Å². The summed E-state index contributed by atoms with van der Waals surface area (Å²) < 4.78 is 5.29. The first kappa shape index (κ1) is 11.5. The highest BCUT2D eigenvalue weighted by Crippen LogP contribution is 2.26. The molecule has 86 valence electrons. The Morgan fingerprint density at radius 2 is 2.38 bits per heavy atom. The van der Waals surface area contributed by atoms with Crippen LogP contribution in [0.4, 0.5) is 0 Å². The van der Waals surface area contributed by atoms with E-state index in [1.54, 1.807) is 0 Å². The summed E-state index contributed by atoms with van der Waals surface area (Å²) in [6, 6.07) is 0.771. The number of carbonyl (C=O) groups is 2. The fraction of sp³-hybridized carbons (Fsp3) is 0.333. The average Bonchev–Trinajstić information content (AvgIpc) is 2.84. The second-order valence-electron chi connectivity index (χ2n) is 3.24. The van der Waals surface area contributed by atoms with Crippen molar-refractivity contribution in [3.8, 4) is 0 Å². The Morgan fingerprint density at radius 3 is 2.94 bits per heavy atom. The van der Waals surface area contributed by atoms with Crippen LogP contribution in [0.2, 0.25) is 0 Å². The van der Waals surface area contributed by atoms with Gasteiger partial charge in [0.1, 0.15) is 6.04 Å². The molecule has 5 nitrogen and oxygen atoms in total. The number of carbonyl (C=O) groups excluding carboxylic acids is 1. The van der Waals surface area contributed by atoms with E-state index in [0.717, 1.165) is 0 Å². The minimum absolute atomic E-state index is 0.321. The first-order valence-corrected chi connectivity index (χ1v) is 6.40. The molecule has 0 unspecified atom stereocenters. The Balaban J connectivity index is 2.22. The summed E-state index contributed by atoms with van der Waals surface area (Å²) in [6.45, 7) is 0. The molecule has 1 aromatic heterocycles. The third-order valence-electron chi connectivity index (χ3n) is 2.28. The molecule has 16 heavy (non-hydrogen) atoms. The lowest BCUT2D eigenvalue weighted by atomic mass is 10.2. The molecule has 1 amide bonds. The maximum atomic E-state index is 12.0. The molecular formula is C9H8BrNO4S. The molecule has 1 aliphatic rings. The molecule has 1 aliphatic heterocycles. The Bertz CT molecular complexity index is 433. The van der Waals surface area contributed by atoms with Crippen LogP contribution in [-0.4, -0.2) is 39.6 Å². The first-order valence-electron chi connectivity index (χ1n) is 4.45. The SMILES string of the molecule is O=C(O)[C@@H]1CSCN1C(=O)c1ccoc1Br. The molecule has 0 saturated carbocycles. The Morgan fingerprint density at radius 1 is 1.62 bits per heavy atom. The summed E-state index contributed by atoms with van der Waals surface area (Å²) in [6.07, 6.45) is 1.39. The lowest BCUT2D eigenvalue weighted by molar-refractivity contribution is -0.140. The number of hydrogen-bond acceptors (Lipinski definition) is 4. The van der Waals surface area contributed by atoms with Crippen molar-refractivity contribution in [3.63, 3.8) is 0 Å². The molecule has 0 aliphatic carbocycles. The van der Waals surface area contributed by atoms with E-state index >= 15 is 0 Å². The zero-order valence-electron chi connectivity index (χ0n) is 8.05. The van der Waals surface area contributed by atoms with Gasteiger partial charge in [-0.25, -0.2) is 4.79 Å². The van der Waals surface area contributed by atoms with Gasteiger partial charge in [-0.1, -0.05) is 0 Å². The molecule has 1 atom stereocenters. The Kier molecular flexibility index (Phi) is 3.25. The number of nitrogens with zero attached hydrogens (tertiary/aromatic N) is 1. The van der Waals surface area contributed by atoms with Crippen molar-refractivity contribution in [2.24, 2.45) is 0 Å². The Labute approximate surface area is 104 Å². The summed E-state index contributed by atoms with van der Waals surface area (Å²) >= 11 is 4.53. The molecule has 0 aromatic carbocycles. The van der Waals surface area contributed by atoms with E-state index in [-0.39, 0.29) is 5.91 Å². The van der Waals surface area contributed by atoms with Crippen molar-refractivity contribution in [2.75, 3.05) is 11.6 Å². The van der Waals surface area contributed by atoms with Crippen LogP contribution in [0.5, 0.6) is 0 Å². The molecule has 1 aromatic rings. The normalized spacial score (nSPS) is 20.1. The minimum Gasteiger partial charge on any atom is -0.480 e. The van der Waals surface area contributed by atoms with E-state index < -0.39 is 12.0 Å². The maximum Gasteiger partial charge on any atom is 0.327 e. The minimum atomic E-state index is -0.974. The lowest BCUT2D eigenvalue weighted by Gasteiger charge is -2.19. The summed E-state index contributed by atoms with van der Waals surface area (Å²) in [5.74, 6) is -0.472. The van der Waals surface area contributed by atoms with Gasteiger partial charge >= 0.3 is 5.97 Å². The van der Waals surface area contributed by atoms with Gasteiger partial charge in [-0.05, 0) is 22.0 Å². The van der Waals surface area contributed by atoms with Crippen LogP contribution in [0.15, 0.2) is 21.4 Å². The summed E-state index contributed by atoms with van der Waals surface area (Å²) in [7, 11) is 0. The van der Waals surface area contributed by atoms with Gasteiger partial charge in [0.15, 0.2) is 4.67 Å². The number of carboxylic acid groups (broad SMARTS) is 1. The zero-order valence-corrected chi connectivity index (χ0v) is 10.5. The third kappa shape index (κ3) is 1.97. The molecule has 0 bridgehead atoms. The van der Waals surface area contributed by atoms with E-state index in [2.05, 4.69) is 15.9 Å². The molecule has 2 rings (SSSR count). The number of aliphatic carboxylic acids is 1. The molecule has 1 saturated heterocycles. The van der Waals surface area contributed by atoms with Crippen molar-refractivity contribution in [3.05, 3.63) is 22.6 Å². The second kappa shape index (κ2) is 4.50. The van der Waals surface area contributed by atoms with Crippen molar-refractivity contribution < 1.29 is 19.1 Å². The quantitative estimate of drug-likeness (QED) is 0.899. The topological polar surface area (TPSA) is 70.8 Å². The molecule has 1 fully saturated rings. The second-order valence-corrected chi connectivity index (χ2v) is 4.96. The van der Waals surface area contributed by atoms with Crippen LogP contribution in [0.25, 0.3) is 0 Å². The number of carboxylic acids is 1. The smallest absolute Gasteiger partial charge is 0.327 e. The highest BCUT2D eigenvalue weighted by atomic mass is 79.9. The molecule has 0 radical (unpaired) electrons. The van der Waals surface area contributed by atoms with E-state index in [4.69, 9.17) is 9.52 Å². The van der Waals surface area contributed by atoms with Gasteiger partial charge in [-0.2, -0.15) is 0 Å². The van der Waals surface area contributed by atoms with Crippen LogP contribution < -0.4 is 0 Å². The van der Waals surface area contributed by atoms with Crippen LogP contribution >= 0.6 is 27.7 Å². The number of hydrogen-bond donors (Lipinski definition) is 1. The summed E-state index contributed by atoms with van der Waals surface area (Å²) in [5.41, 5.74) is 0.355. The van der Waals surface area contributed by atoms with Crippen molar-refractivity contribution in [1.29, 1.82) is 0 Å². The number of thioether (sulfide) groups is 1. The standard InChI is InChI=1S/C9H8BrNO4S/c10-7-5(1-2-15-7)8(12)11-4-16-3-6(11)9(13)14/h1-2,6H,3-4H2,(H,13,14)/t6-/m0/s1. The van der Waals surface area contributed by atoms with Gasteiger partial charge < -0.3 is 14.4 Å². The van der Waals surface area contributed by atoms with Gasteiger partial charge in [-0.15, -0.1) is 11.8 Å². The molecule has 7 heteroatoms. The number of halogens is 1. The predicted molar refractivity (Wildman–Crippen MR) is 61.3 cm³/mol. The van der Waals surface area contributed by atoms with Gasteiger partial charge in [0.2, 0.25) is 0 Å². The maximum absolute atomic E-state index is 12.0. The highest BCUT2D eigenvalue weighted by Gasteiger charge is 2.36. The van der Waals surface area contributed by atoms with Crippen molar-refractivity contribution in [2.45, 2.75) is 6.04 Å². The number of amides is 1.